The quantitative estimate of drug-likeness (QED) is 0.475. The van der Waals surface area contributed by atoms with Crippen LogP contribution in [0.25, 0.3) is 11.0 Å². The Bertz CT molecular complexity index is 989. The summed E-state index contributed by atoms with van der Waals surface area (Å²) in [5.74, 6) is 0.461. The minimum atomic E-state index is 0.116. The third-order valence-electron chi connectivity index (χ3n) is 5.05. The molecule has 1 fully saturated rings. The van der Waals surface area contributed by atoms with E-state index in [9.17, 15) is 4.79 Å². The maximum Gasteiger partial charge on any atom is 0.175 e. The van der Waals surface area contributed by atoms with Crippen molar-refractivity contribution in [1.82, 2.24) is 14.5 Å². The Morgan fingerprint density at radius 2 is 2.26 bits per heavy atom. The maximum absolute atomic E-state index is 12.8. The van der Waals surface area contributed by atoms with Crippen molar-refractivity contribution in [3.05, 3.63) is 46.2 Å². The van der Waals surface area contributed by atoms with E-state index in [4.69, 9.17) is 16.3 Å². The molecular weight excluding hydrogens is 382 g/mol. The Labute approximate surface area is 167 Å². The van der Waals surface area contributed by atoms with Gasteiger partial charge in [0.2, 0.25) is 0 Å². The lowest BCUT2D eigenvalue weighted by molar-refractivity contribution is 0.0957. The van der Waals surface area contributed by atoms with E-state index in [-0.39, 0.29) is 11.9 Å². The largest absolute Gasteiger partial charge is 0.376 e. The van der Waals surface area contributed by atoms with Crippen LogP contribution in [0.15, 0.2) is 29.4 Å². The third-order valence-corrected chi connectivity index (χ3v) is 6.15. The average Bonchev–Trinajstić information content (AvgIpc) is 3.35. The summed E-state index contributed by atoms with van der Waals surface area (Å²) in [5, 5.41) is 1.39. The first-order chi connectivity index (χ1) is 13.0. The number of benzene rings is 1. The number of hydrogen-bond donors (Lipinski definition) is 1. The number of aromatic amines is 1. The number of rotatable bonds is 6. The molecule has 0 saturated carbocycles. The van der Waals surface area contributed by atoms with Gasteiger partial charge in [-0.05, 0) is 51.0 Å². The van der Waals surface area contributed by atoms with Crippen LogP contribution < -0.4 is 0 Å². The smallest absolute Gasteiger partial charge is 0.175 e. The molecule has 5 nitrogen and oxygen atoms in total. The maximum atomic E-state index is 12.8. The van der Waals surface area contributed by atoms with Crippen molar-refractivity contribution in [1.29, 1.82) is 0 Å². The number of ether oxygens (including phenoxy) is 1. The standard InChI is InChI=1S/C20H22ClN3O2S/c1-12-8-16(13(2)24(12)10-15-4-3-7-26-15)19(25)11-27-20-22-17-6-5-14(21)9-18(17)23-20/h5-6,8-9,15H,3-4,7,10-11H2,1-2H3,(H,22,23)/t15-/m1/s1. The topological polar surface area (TPSA) is 59.9 Å². The summed E-state index contributed by atoms with van der Waals surface area (Å²) < 4.78 is 7.95. The molecule has 4 rings (SSSR count). The third kappa shape index (κ3) is 3.93. The molecule has 0 radical (unpaired) electrons. The van der Waals surface area contributed by atoms with Crippen LogP contribution in [0.3, 0.4) is 0 Å². The number of fused-ring (bicyclic) bond motifs is 1. The van der Waals surface area contributed by atoms with Gasteiger partial charge in [0.15, 0.2) is 10.9 Å². The number of aromatic nitrogens is 3. The van der Waals surface area contributed by atoms with Gasteiger partial charge in [0.25, 0.3) is 0 Å². The van der Waals surface area contributed by atoms with E-state index >= 15 is 0 Å². The number of imidazole rings is 1. The molecule has 1 aliphatic rings. The number of halogens is 1. The molecule has 1 aromatic carbocycles. The molecular formula is C20H22ClN3O2S. The second-order valence-electron chi connectivity index (χ2n) is 6.95. The molecule has 0 spiro atoms. The molecule has 2 aromatic heterocycles. The highest BCUT2D eigenvalue weighted by Crippen LogP contribution is 2.25. The molecule has 1 aliphatic heterocycles. The van der Waals surface area contributed by atoms with Crippen LogP contribution in [-0.4, -0.2) is 38.8 Å². The van der Waals surface area contributed by atoms with Crippen molar-refractivity contribution in [2.75, 3.05) is 12.4 Å². The van der Waals surface area contributed by atoms with Gasteiger partial charge in [0.05, 0.1) is 22.9 Å². The monoisotopic (exact) mass is 403 g/mol. The summed E-state index contributed by atoms with van der Waals surface area (Å²) in [6.45, 7) is 5.73. The Morgan fingerprint density at radius 1 is 1.41 bits per heavy atom. The van der Waals surface area contributed by atoms with E-state index in [0.717, 1.165) is 59.1 Å². The first kappa shape index (κ1) is 18.6. The molecule has 0 amide bonds. The van der Waals surface area contributed by atoms with Crippen molar-refractivity contribution in [3.8, 4) is 0 Å². The van der Waals surface area contributed by atoms with Crippen LogP contribution in [0.1, 0.15) is 34.6 Å². The van der Waals surface area contributed by atoms with E-state index < -0.39 is 0 Å². The molecule has 1 N–H and O–H groups in total. The highest BCUT2D eigenvalue weighted by molar-refractivity contribution is 7.99. The van der Waals surface area contributed by atoms with Crippen LogP contribution in [0.2, 0.25) is 5.02 Å². The highest BCUT2D eigenvalue weighted by atomic mass is 35.5. The predicted octanol–water partition coefficient (Wildman–Crippen LogP) is 4.79. The minimum Gasteiger partial charge on any atom is -0.376 e. The van der Waals surface area contributed by atoms with Gasteiger partial charge in [-0.2, -0.15) is 0 Å². The molecule has 27 heavy (non-hydrogen) atoms. The van der Waals surface area contributed by atoms with Gasteiger partial charge in [0, 0.05) is 35.1 Å². The Morgan fingerprint density at radius 3 is 3.04 bits per heavy atom. The van der Waals surface area contributed by atoms with Crippen molar-refractivity contribution in [3.63, 3.8) is 0 Å². The van der Waals surface area contributed by atoms with E-state index in [1.165, 1.54) is 11.8 Å². The summed E-state index contributed by atoms with van der Waals surface area (Å²) in [7, 11) is 0. The Balaban J connectivity index is 1.45. The number of carbonyl (C=O) groups excluding carboxylic acids is 1. The van der Waals surface area contributed by atoms with Gasteiger partial charge in [-0.3, -0.25) is 4.79 Å². The van der Waals surface area contributed by atoms with Crippen LogP contribution in [0, 0.1) is 13.8 Å². The summed E-state index contributed by atoms with van der Waals surface area (Å²) in [5.41, 5.74) is 4.65. The van der Waals surface area contributed by atoms with Crippen molar-refractivity contribution in [2.24, 2.45) is 0 Å². The zero-order chi connectivity index (χ0) is 19.0. The van der Waals surface area contributed by atoms with Crippen LogP contribution in [0.4, 0.5) is 0 Å². The summed E-state index contributed by atoms with van der Waals surface area (Å²) >= 11 is 7.43. The van der Waals surface area contributed by atoms with E-state index in [2.05, 4.69) is 21.5 Å². The SMILES string of the molecule is Cc1cc(C(=O)CSc2nc3ccc(Cl)cc3[nH]2)c(C)n1C[C@H]1CCCO1. The molecule has 1 atom stereocenters. The molecule has 3 aromatic rings. The molecule has 0 aliphatic carbocycles. The first-order valence-electron chi connectivity index (χ1n) is 9.11. The molecule has 3 heterocycles. The predicted molar refractivity (Wildman–Crippen MR) is 109 cm³/mol. The van der Waals surface area contributed by atoms with Gasteiger partial charge in [-0.15, -0.1) is 0 Å². The number of hydrogen-bond acceptors (Lipinski definition) is 4. The number of aryl methyl sites for hydroxylation is 1. The first-order valence-corrected chi connectivity index (χ1v) is 10.5. The van der Waals surface area contributed by atoms with Crippen molar-refractivity contribution >= 4 is 40.2 Å². The normalized spacial score (nSPS) is 17.1. The minimum absolute atomic E-state index is 0.116. The molecule has 1 saturated heterocycles. The number of nitrogens with one attached hydrogen (secondary N) is 1. The van der Waals surface area contributed by atoms with E-state index in [0.29, 0.717) is 10.8 Å². The summed E-state index contributed by atoms with van der Waals surface area (Å²) in [4.78, 5) is 20.5. The average molecular weight is 404 g/mol. The van der Waals surface area contributed by atoms with Crippen LogP contribution in [0.5, 0.6) is 0 Å². The lowest BCUT2D eigenvalue weighted by Crippen LogP contribution is -2.17. The Kier molecular flexibility index (Phi) is 5.30. The number of thioether (sulfide) groups is 1. The second-order valence-corrected chi connectivity index (χ2v) is 8.35. The number of nitrogens with zero attached hydrogens (tertiary/aromatic N) is 2. The zero-order valence-corrected chi connectivity index (χ0v) is 17.0. The van der Waals surface area contributed by atoms with Gasteiger partial charge in [-0.25, -0.2) is 4.98 Å². The molecule has 7 heteroatoms. The lowest BCUT2D eigenvalue weighted by atomic mass is 10.2. The van der Waals surface area contributed by atoms with E-state index in [1.54, 1.807) is 0 Å². The Hall–Kier alpha value is -1.76. The fourth-order valence-corrected chi connectivity index (χ4v) is 4.54. The molecule has 0 unspecified atom stereocenters. The number of Topliss-reactive ketones (excluding diaryl/α,β-unsaturated/α-hetero) is 1. The van der Waals surface area contributed by atoms with E-state index in [1.807, 2.05) is 31.2 Å². The lowest BCUT2D eigenvalue weighted by Gasteiger charge is -2.14. The van der Waals surface area contributed by atoms with Gasteiger partial charge >= 0.3 is 0 Å². The fraction of sp³-hybridized carbons (Fsp3) is 0.400. The zero-order valence-electron chi connectivity index (χ0n) is 15.4. The van der Waals surface area contributed by atoms with Gasteiger partial charge in [0.1, 0.15) is 0 Å². The van der Waals surface area contributed by atoms with Gasteiger partial charge in [-0.1, -0.05) is 23.4 Å². The molecule has 0 bridgehead atoms. The van der Waals surface area contributed by atoms with Crippen molar-refractivity contribution < 1.29 is 9.53 Å². The van der Waals surface area contributed by atoms with Gasteiger partial charge < -0.3 is 14.3 Å². The van der Waals surface area contributed by atoms with Crippen molar-refractivity contribution in [2.45, 2.75) is 44.5 Å². The highest BCUT2D eigenvalue weighted by Gasteiger charge is 2.21. The molecule has 142 valence electrons. The summed E-state index contributed by atoms with van der Waals surface area (Å²) in [6.07, 6.45) is 2.47. The fourth-order valence-electron chi connectivity index (χ4n) is 3.59. The number of ketones is 1. The summed E-state index contributed by atoms with van der Waals surface area (Å²) in [6, 6.07) is 7.52. The van der Waals surface area contributed by atoms with Crippen LogP contribution in [-0.2, 0) is 11.3 Å². The second kappa shape index (κ2) is 7.70. The number of H-pyrrole nitrogens is 1. The number of carbonyl (C=O) groups is 1. The van der Waals surface area contributed by atoms with Crippen LogP contribution >= 0.6 is 23.4 Å².